The van der Waals surface area contributed by atoms with Crippen LogP contribution in [0.25, 0.3) is 0 Å². The average molecular weight is 374 g/mol. The number of carbonyl (C=O) groups is 1. The van der Waals surface area contributed by atoms with Crippen LogP contribution in [-0.2, 0) is 0 Å². The first-order valence-electron chi connectivity index (χ1n) is 10.1. The van der Waals surface area contributed by atoms with E-state index in [0.29, 0.717) is 11.8 Å². The Morgan fingerprint density at radius 3 is 2.27 bits per heavy atom. The molecule has 5 heteroatoms. The van der Waals surface area contributed by atoms with Crippen LogP contribution in [0, 0.1) is 0 Å². The number of hydrogen-bond donors (Lipinski definition) is 3. The molecule has 4 aliphatic carbocycles. The summed E-state index contributed by atoms with van der Waals surface area (Å²) in [5.74, 6) is 0.924. The van der Waals surface area contributed by atoms with Gasteiger partial charge in [-0.3, -0.25) is 0 Å². The second-order valence-electron chi connectivity index (χ2n) is 9.07. The van der Waals surface area contributed by atoms with Crippen molar-refractivity contribution in [3.05, 3.63) is 35.4 Å². The standard InChI is InChI=1S/C21H28ClN3O/c22-20-9-14-11-21(13-20,25-19(26)24-16-5-7-23-8-6-16)12-15(10-20)18-4-2-1-3-17(14)18/h1-4,14-16,23H,5-13H2,(H2,24,25,26). The van der Waals surface area contributed by atoms with E-state index >= 15 is 0 Å². The molecule has 2 saturated carbocycles. The van der Waals surface area contributed by atoms with Gasteiger partial charge in [0, 0.05) is 16.5 Å². The van der Waals surface area contributed by atoms with Gasteiger partial charge < -0.3 is 16.0 Å². The van der Waals surface area contributed by atoms with Crippen molar-refractivity contribution in [2.45, 2.75) is 73.2 Å². The fourth-order valence-corrected chi connectivity index (χ4v) is 6.93. The molecule has 1 saturated heterocycles. The lowest BCUT2D eigenvalue weighted by atomic mass is 9.62. The Morgan fingerprint density at radius 2 is 1.65 bits per heavy atom. The van der Waals surface area contributed by atoms with Crippen molar-refractivity contribution >= 4 is 17.6 Å². The number of rotatable bonds is 2. The number of alkyl halides is 1. The molecule has 26 heavy (non-hydrogen) atoms. The van der Waals surface area contributed by atoms with Gasteiger partial charge in [0.2, 0.25) is 0 Å². The molecule has 2 unspecified atom stereocenters. The van der Waals surface area contributed by atoms with Gasteiger partial charge in [-0.15, -0.1) is 11.6 Å². The fraction of sp³-hybridized carbons (Fsp3) is 0.667. The minimum Gasteiger partial charge on any atom is -0.335 e. The van der Waals surface area contributed by atoms with Gasteiger partial charge in [-0.1, -0.05) is 24.3 Å². The first-order chi connectivity index (χ1) is 12.5. The molecule has 2 amide bonds. The first kappa shape index (κ1) is 16.9. The molecule has 4 nitrogen and oxygen atoms in total. The van der Waals surface area contributed by atoms with E-state index in [1.807, 2.05) is 0 Å². The summed E-state index contributed by atoms with van der Waals surface area (Å²) in [4.78, 5) is 12.6. The lowest BCUT2D eigenvalue weighted by molar-refractivity contribution is 0.118. The molecule has 4 bridgehead atoms. The third-order valence-electron chi connectivity index (χ3n) is 7.08. The molecular weight excluding hydrogens is 346 g/mol. The van der Waals surface area contributed by atoms with Gasteiger partial charge in [-0.05, 0) is 81.0 Å². The smallest absolute Gasteiger partial charge is 0.315 e. The van der Waals surface area contributed by atoms with Crippen LogP contribution in [0.1, 0.15) is 67.9 Å². The van der Waals surface area contributed by atoms with E-state index in [9.17, 15) is 4.79 Å². The average Bonchev–Trinajstić information content (AvgIpc) is 2.74. The zero-order valence-corrected chi connectivity index (χ0v) is 15.9. The van der Waals surface area contributed by atoms with Crippen molar-refractivity contribution in [1.29, 1.82) is 0 Å². The molecule has 140 valence electrons. The Labute approximate surface area is 160 Å². The zero-order chi connectivity index (χ0) is 17.8. The first-order valence-corrected chi connectivity index (χ1v) is 10.5. The van der Waals surface area contributed by atoms with Crippen molar-refractivity contribution in [2.75, 3.05) is 13.1 Å². The Hall–Kier alpha value is -1.26. The van der Waals surface area contributed by atoms with Crippen molar-refractivity contribution < 1.29 is 4.79 Å². The molecule has 1 aromatic carbocycles. The maximum atomic E-state index is 12.8. The monoisotopic (exact) mass is 373 g/mol. The van der Waals surface area contributed by atoms with Crippen LogP contribution in [0.4, 0.5) is 4.79 Å². The summed E-state index contributed by atoms with van der Waals surface area (Å²) in [5, 5.41) is 9.98. The van der Waals surface area contributed by atoms with Crippen LogP contribution in [0.5, 0.6) is 0 Å². The van der Waals surface area contributed by atoms with Crippen molar-refractivity contribution in [3.63, 3.8) is 0 Å². The number of carbonyl (C=O) groups excluding carboxylic acids is 1. The van der Waals surface area contributed by atoms with Crippen LogP contribution in [0.2, 0.25) is 0 Å². The number of hydrogen-bond acceptors (Lipinski definition) is 2. The Bertz CT molecular complexity index is 680. The molecule has 6 rings (SSSR count). The predicted octanol–water partition coefficient (Wildman–Crippen LogP) is 3.61. The second kappa shape index (κ2) is 6.13. The summed E-state index contributed by atoms with van der Waals surface area (Å²) in [5.41, 5.74) is 2.79. The molecule has 3 N–H and O–H groups in total. The van der Waals surface area contributed by atoms with Gasteiger partial charge in [0.05, 0.1) is 0 Å². The van der Waals surface area contributed by atoms with Crippen LogP contribution >= 0.6 is 11.6 Å². The minimum absolute atomic E-state index is 0.00294. The quantitative estimate of drug-likeness (QED) is 0.693. The topological polar surface area (TPSA) is 53.2 Å². The zero-order valence-electron chi connectivity index (χ0n) is 15.2. The fourth-order valence-electron chi connectivity index (χ4n) is 6.30. The normalized spacial score (nSPS) is 38.5. The van der Waals surface area contributed by atoms with Crippen LogP contribution in [0.3, 0.4) is 0 Å². The lowest BCUT2D eigenvalue weighted by Crippen LogP contribution is -2.61. The Kier molecular flexibility index (Phi) is 3.98. The van der Waals surface area contributed by atoms with Gasteiger partial charge in [-0.2, -0.15) is 0 Å². The maximum Gasteiger partial charge on any atom is 0.315 e. The summed E-state index contributed by atoms with van der Waals surface area (Å²) in [6, 6.07) is 9.15. The van der Waals surface area contributed by atoms with E-state index in [0.717, 1.165) is 58.0 Å². The molecule has 5 aliphatic rings. The van der Waals surface area contributed by atoms with Crippen LogP contribution in [-0.4, -0.2) is 35.6 Å². The number of halogens is 1. The number of amides is 2. The summed E-state index contributed by atoms with van der Waals surface area (Å²) in [6.45, 7) is 1.97. The highest BCUT2D eigenvalue weighted by Crippen LogP contribution is 2.61. The number of piperidine rings is 1. The molecule has 1 heterocycles. The summed E-state index contributed by atoms with van der Waals surface area (Å²) < 4.78 is 0. The summed E-state index contributed by atoms with van der Waals surface area (Å²) in [6.07, 6.45) is 7.06. The molecule has 1 aromatic rings. The molecule has 0 spiro atoms. The van der Waals surface area contributed by atoms with E-state index in [-0.39, 0.29) is 22.5 Å². The van der Waals surface area contributed by atoms with Gasteiger partial charge in [0.25, 0.3) is 0 Å². The Morgan fingerprint density at radius 1 is 1.04 bits per heavy atom. The van der Waals surface area contributed by atoms with Gasteiger partial charge in [0.1, 0.15) is 0 Å². The number of nitrogens with one attached hydrogen (secondary N) is 3. The van der Waals surface area contributed by atoms with Crippen molar-refractivity contribution in [1.82, 2.24) is 16.0 Å². The van der Waals surface area contributed by atoms with Crippen molar-refractivity contribution in [2.24, 2.45) is 0 Å². The SMILES string of the molecule is O=C(NC1CCNCC1)NC12CC3CC(Cl)(CC(C1)c1ccccc13)C2. The molecular formula is C21H28ClN3O. The van der Waals surface area contributed by atoms with Gasteiger partial charge in [0.15, 0.2) is 0 Å². The van der Waals surface area contributed by atoms with Gasteiger partial charge in [-0.25, -0.2) is 4.79 Å². The maximum absolute atomic E-state index is 12.8. The minimum atomic E-state index is -0.174. The number of urea groups is 1. The molecule has 2 atom stereocenters. The van der Waals surface area contributed by atoms with Crippen LogP contribution < -0.4 is 16.0 Å². The van der Waals surface area contributed by atoms with E-state index in [4.69, 9.17) is 11.6 Å². The number of benzene rings is 1. The Balaban J connectivity index is 1.39. The largest absolute Gasteiger partial charge is 0.335 e. The highest BCUT2D eigenvalue weighted by molar-refractivity contribution is 6.24. The van der Waals surface area contributed by atoms with E-state index < -0.39 is 0 Å². The van der Waals surface area contributed by atoms with Gasteiger partial charge >= 0.3 is 6.03 Å². The van der Waals surface area contributed by atoms with E-state index in [1.54, 1.807) is 0 Å². The highest BCUT2D eigenvalue weighted by atomic mass is 35.5. The summed E-state index contributed by atoms with van der Waals surface area (Å²) >= 11 is 7.11. The highest BCUT2D eigenvalue weighted by Gasteiger charge is 2.56. The third kappa shape index (κ3) is 2.91. The van der Waals surface area contributed by atoms with Crippen LogP contribution in [0.15, 0.2) is 24.3 Å². The van der Waals surface area contributed by atoms with Crippen molar-refractivity contribution in [3.8, 4) is 0 Å². The van der Waals surface area contributed by atoms with E-state index in [1.165, 1.54) is 11.1 Å². The molecule has 0 aromatic heterocycles. The van der Waals surface area contributed by atoms with E-state index in [2.05, 4.69) is 40.2 Å². The third-order valence-corrected chi connectivity index (χ3v) is 7.52. The molecule has 1 aliphatic heterocycles. The summed E-state index contributed by atoms with van der Waals surface area (Å²) in [7, 11) is 0. The molecule has 0 radical (unpaired) electrons. The predicted molar refractivity (Wildman–Crippen MR) is 104 cm³/mol. The second-order valence-corrected chi connectivity index (χ2v) is 9.87. The molecule has 3 fully saturated rings. The lowest BCUT2D eigenvalue weighted by Gasteiger charge is -2.52.